The monoisotopic (exact) mass is 382 g/mol. The zero-order valence-corrected chi connectivity index (χ0v) is 15.7. The van der Waals surface area contributed by atoms with Gasteiger partial charge in [0.25, 0.3) is 0 Å². The van der Waals surface area contributed by atoms with Crippen LogP contribution in [0.4, 0.5) is 4.39 Å². The Morgan fingerprint density at radius 3 is 2.82 bits per heavy atom. The number of nitrogens with zero attached hydrogens (tertiary/aromatic N) is 2. The average molecular weight is 382 g/mol. The first-order valence-electron chi connectivity index (χ1n) is 9.37. The predicted molar refractivity (Wildman–Crippen MR) is 105 cm³/mol. The Bertz CT molecular complexity index is 965. The summed E-state index contributed by atoms with van der Waals surface area (Å²) in [4.78, 5) is 6.88. The molecule has 1 aliphatic heterocycles. The van der Waals surface area contributed by atoms with Gasteiger partial charge in [-0.25, -0.2) is 4.39 Å². The lowest BCUT2D eigenvalue weighted by atomic mass is 10.0. The summed E-state index contributed by atoms with van der Waals surface area (Å²) in [7, 11) is 1.47. The lowest BCUT2D eigenvalue weighted by molar-refractivity contribution is -0.0285. The van der Waals surface area contributed by atoms with E-state index < -0.39 is 6.10 Å². The molecule has 0 bridgehead atoms. The first kappa shape index (κ1) is 18.7. The minimum Gasteiger partial charge on any atom is -0.493 e. The molecule has 28 heavy (non-hydrogen) atoms. The van der Waals surface area contributed by atoms with E-state index >= 15 is 0 Å². The van der Waals surface area contributed by atoms with Crippen molar-refractivity contribution in [3.05, 3.63) is 66.1 Å². The molecular weight excluding hydrogens is 359 g/mol. The summed E-state index contributed by atoms with van der Waals surface area (Å²) in [5, 5.41) is 11.7. The van der Waals surface area contributed by atoms with Gasteiger partial charge in [0, 0.05) is 31.1 Å². The molecular formula is C22H23FN2O3. The third-order valence-electron chi connectivity index (χ3n) is 5.05. The highest BCUT2D eigenvalue weighted by Crippen LogP contribution is 2.30. The molecule has 1 fully saturated rings. The topological polar surface area (TPSA) is 54.8 Å². The van der Waals surface area contributed by atoms with Crippen molar-refractivity contribution < 1.29 is 19.0 Å². The number of halogens is 1. The molecule has 1 aliphatic rings. The van der Waals surface area contributed by atoms with Crippen LogP contribution in [0.1, 0.15) is 12.1 Å². The molecule has 3 aromatic rings. The quantitative estimate of drug-likeness (QED) is 0.733. The van der Waals surface area contributed by atoms with E-state index in [0.717, 1.165) is 23.1 Å². The molecule has 0 aliphatic carbocycles. The van der Waals surface area contributed by atoms with E-state index in [1.807, 2.05) is 30.3 Å². The Balaban J connectivity index is 1.39. The fourth-order valence-electron chi connectivity index (χ4n) is 3.58. The molecule has 1 aromatic heterocycles. The number of hydrogen-bond donors (Lipinski definition) is 1. The minimum absolute atomic E-state index is 0.329. The van der Waals surface area contributed by atoms with Crippen molar-refractivity contribution in [2.24, 2.45) is 0 Å². The Kier molecular flexibility index (Phi) is 5.41. The molecule has 0 radical (unpaired) electrons. The van der Waals surface area contributed by atoms with E-state index in [2.05, 4.69) is 11.0 Å². The minimum atomic E-state index is -0.649. The number of aromatic nitrogens is 1. The summed E-state index contributed by atoms with van der Waals surface area (Å²) < 4.78 is 24.4. The van der Waals surface area contributed by atoms with Crippen molar-refractivity contribution in [1.29, 1.82) is 0 Å². The molecule has 1 saturated heterocycles. The number of benzene rings is 2. The number of likely N-dealkylation sites (tertiary alicyclic amines) is 1. The average Bonchev–Trinajstić information content (AvgIpc) is 2.71. The smallest absolute Gasteiger partial charge is 0.163 e. The number of β-amino-alcohol motifs (C(OH)–C–C–N with tert-alkyl or cyclic N) is 1. The third kappa shape index (κ3) is 4.08. The molecule has 5 nitrogen and oxygen atoms in total. The van der Waals surface area contributed by atoms with E-state index in [9.17, 15) is 9.50 Å². The first-order valence-corrected chi connectivity index (χ1v) is 9.37. The van der Waals surface area contributed by atoms with Gasteiger partial charge in [-0.1, -0.05) is 24.3 Å². The molecule has 6 heteroatoms. The third-order valence-corrected chi connectivity index (χ3v) is 5.05. The summed E-state index contributed by atoms with van der Waals surface area (Å²) in [6.07, 6.45) is -0.348. The zero-order valence-electron chi connectivity index (χ0n) is 15.7. The fraction of sp³-hybridized carbons (Fsp3) is 0.318. The van der Waals surface area contributed by atoms with Gasteiger partial charge < -0.3 is 14.6 Å². The van der Waals surface area contributed by atoms with Gasteiger partial charge in [-0.05, 0) is 30.7 Å². The van der Waals surface area contributed by atoms with Gasteiger partial charge in [0.05, 0.1) is 18.3 Å². The van der Waals surface area contributed by atoms with Crippen LogP contribution in [0.3, 0.4) is 0 Å². The molecule has 1 N–H and O–H groups in total. The van der Waals surface area contributed by atoms with Crippen LogP contribution in [0, 0.1) is 5.82 Å². The second kappa shape index (κ2) is 8.12. The number of aliphatic hydroxyl groups excluding tert-OH is 1. The molecule has 0 saturated carbocycles. The summed E-state index contributed by atoms with van der Waals surface area (Å²) in [5.41, 5.74) is 1.95. The van der Waals surface area contributed by atoms with E-state index in [1.54, 1.807) is 0 Å². The van der Waals surface area contributed by atoms with Crippen LogP contribution in [-0.2, 0) is 6.54 Å². The largest absolute Gasteiger partial charge is 0.493 e. The number of ether oxygens (including phenoxy) is 2. The molecule has 2 atom stereocenters. The molecule has 4 rings (SSSR count). The molecule has 2 heterocycles. The fourth-order valence-corrected chi connectivity index (χ4v) is 3.58. The van der Waals surface area contributed by atoms with Crippen molar-refractivity contribution in [2.75, 3.05) is 20.2 Å². The van der Waals surface area contributed by atoms with Gasteiger partial charge in [0.1, 0.15) is 18.0 Å². The molecule has 2 aromatic carbocycles. The Morgan fingerprint density at radius 2 is 2.00 bits per heavy atom. The number of methoxy groups -OCH3 is 1. The highest BCUT2D eigenvalue weighted by Gasteiger charge is 2.30. The highest BCUT2D eigenvalue weighted by molar-refractivity contribution is 5.78. The van der Waals surface area contributed by atoms with Crippen LogP contribution in [-0.4, -0.2) is 47.4 Å². The van der Waals surface area contributed by atoms with E-state index in [-0.39, 0.29) is 11.9 Å². The Labute approximate surface area is 163 Å². The second-order valence-corrected chi connectivity index (χ2v) is 7.04. The normalized spacial score (nSPS) is 20.2. The molecule has 146 valence electrons. The Morgan fingerprint density at radius 1 is 1.14 bits per heavy atom. The molecule has 0 amide bonds. The summed E-state index contributed by atoms with van der Waals surface area (Å²) >= 11 is 0. The Hall–Kier alpha value is -2.70. The van der Waals surface area contributed by atoms with E-state index in [4.69, 9.17) is 14.5 Å². The lowest BCUT2D eigenvalue weighted by Gasteiger charge is -2.35. The van der Waals surface area contributed by atoms with Gasteiger partial charge in [-0.3, -0.25) is 9.88 Å². The van der Waals surface area contributed by atoms with Gasteiger partial charge in [-0.2, -0.15) is 0 Å². The van der Waals surface area contributed by atoms with Crippen LogP contribution in [0.15, 0.2) is 54.6 Å². The van der Waals surface area contributed by atoms with Crippen molar-refractivity contribution in [1.82, 2.24) is 9.88 Å². The predicted octanol–water partition coefficient (Wildman–Crippen LogP) is 3.40. The summed E-state index contributed by atoms with van der Waals surface area (Å²) in [6.45, 7) is 1.94. The maximum atomic E-state index is 13.3. The number of fused-ring (bicyclic) bond motifs is 1. The van der Waals surface area contributed by atoms with Crippen molar-refractivity contribution >= 4 is 10.9 Å². The zero-order chi connectivity index (χ0) is 19.5. The maximum Gasteiger partial charge on any atom is 0.163 e. The van der Waals surface area contributed by atoms with E-state index in [1.165, 1.54) is 25.3 Å². The number of piperidine rings is 1. The molecule has 0 spiro atoms. The number of para-hydroxylation sites is 1. The van der Waals surface area contributed by atoms with Gasteiger partial charge in [0.15, 0.2) is 11.5 Å². The van der Waals surface area contributed by atoms with Gasteiger partial charge in [0.2, 0.25) is 0 Å². The number of aliphatic hydroxyl groups is 1. The van der Waals surface area contributed by atoms with Gasteiger partial charge >= 0.3 is 0 Å². The number of hydrogen-bond acceptors (Lipinski definition) is 5. The number of rotatable bonds is 5. The summed E-state index contributed by atoms with van der Waals surface area (Å²) in [6, 6.07) is 16.3. The van der Waals surface area contributed by atoms with Crippen molar-refractivity contribution in [3.8, 4) is 11.5 Å². The SMILES string of the molecule is COc1cc(F)ccc1O[C@@H]1CCN(Cc2ccc3ccccc3n2)C[C@H]1O. The van der Waals surface area contributed by atoms with Crippen molar-refractivity contribution in [3.63, 3.8) is 0 Å². The summed E-state index contributed by atoms with van der Waals surface area (Å²) in [5.74, 6) is 0.384. The van der Waals surface area contributed by atoms with Crippen LogP contribution in [0.2, 0.25) is 0 Å². The van der Waals surface area contributed by atoms with Gasteiger partial charge in [-0.15, -0.1) is 0 Å². The highest BCUT2D eigenvalue weighted by atomic mass is 19.1. The van der Waals surface area contributed by atoms with Crippen LogP contribution in [0.5, 0.6) is 11.5 Å². The standard InChI is InChI=1S/C22H23FN2O3/c1-27-22-12-16(23)7-9-21(22)28-20-10-11-25(14-19(20)26)13-17-8-6-15-4-2-3-5-18(15)24-17/h2-9,12,19-20,26H,10-11,13-14H2,1H3/t19-,20-/m1/s1. The van der Waals surface area contributed by atoms with Crippen molar-refractivity contribution in [2.45, 2.75) is 25.2 Å². The first-order chi connectivity index (χ1) is 13.6. The van der Waals surface area contributed by atoms with Crippen LogP contribution in [0.25, 0.3) is 10.9 Å². The second-order valence-electron chi connectivity index (χ2n) is 7.04. The van der Waals surface area contributed by atoms with E-state index in [0.29, 0.717) is 31.0 Å². The maximum absolute atomic E-state index is 13.3. The lowest BCUT2D eigenvalue weighted by Crippen LogP contribution is -2.48. The van der Waals surface area contributed by atoms with Crippen LogP contribution >= 0.6 is 0 Å². The number of pyridine rings is 1. The van der Waals surface area contributed by atoms with Crippen LogP contribution < -0.4 is 9.47 Å². The molecule has 0 unspecified atom stereocenters.